The van der Waals surface area contributed by atoms with Crippen LogP contribution in [0.3, 0.4) is 0 Å². The van der Waals surface area contributed by atoms with Crippen molar-refractivity contribution in [2.45, 2.75) is 18.9 Å². The lowest BCUT2D eigenvalue weighted by Gasteiger charge is -2.23. The predicted molar refractivity (Wildman–Crippen MR) is 109 cm³/mol. The summed E-state index contributed by atoms with van der Waals surface area (Å²) in [7, 11) is 1.70. The van der Waals surface area contributed by atoms with E-state index in [1.807, 2.05) is 19.1 Å². The van der Waals surface area contributed by atoms with Gasteiger partial charge in [0.2, 0.25) is 11.7 Å². The van der Waals surface area contributed by atoms with Crippen molar-refractivity contribution in [3.8, 4) is 0 Å². The van der Waals surface area contributed by atoms with Gasteiger partial charge in [0, 0.05) is 18.3 Å². The van der Waals surface area contributed by atoms with Crippen LogP contribution in [-0.4, -0.2) is 64.3 Å². The molecule has 0 atom stereocenters. The van der Waals surface area contributed by atoms with Crippen molar-refractivity contribution in [1.29, 1.82) is 0 Å². The minimum absolute atomic E-state index is 0.0287. The second-order valence-electron chi connectivity index (χ2n) is 7.26. The van der Waals surface area contributed by atoms with Crippen LogP contribution in [0, 0.1) is 6.92 Å². The van der Waals surface area contributed by atoms with Crippen LogP contribution in [0.5, 0.6) is 0 Å². The van der Waals surface area contributed by atoms with Gasteiger partial charge in [-0.3, -0.25) is 14.4 Å². The zero-order chi connectivity index (χ0) is 22.3. The van der Waals surface area contributed by atoms with Gasteiger partial charge in [0.05, 0.1) is 30.9 Å². The number of aliphatic hydroxyl groups excluding tert-OH is 2. The van der Waals surface area contributed by atoms with Crippen LogP contribution in [0.4, 0.5) is 0 Å². The Labute approximate surface area is 174 Å². The van der Waals surface area contributed by atoms with Gasteiger partial charge in [-0.15, -0.1) is 0 Å². The van der Waals surface area contributed by atoms with Gasteiger partial charge in [0.1, 0.15) is 13.2 Å². The van der Waals surface area contributed by atoms with E-state index in [0.29, 0.717) is 17.0 Å². The molecule has 0 saturated carbocycles. The normalized spacial score (nSPS) is 11.2. The van der Waals surface area contributed by atoms with E-state index in [4.69, 9.17) is 20.7 Å². The Morgan fingerprint density at radius 2 is 1.73 bits per heavy atom. The lowest BCUT2D eigenvalue weighted by atomic mass is 10.1. The topological polar surface area (TPSA) is 144 Å². The van der Waals surface area contributed by atoms with E-state index in [9.17, 15) is 14.4 Å². The van der Waals surface area contributed by atoms with Crippen LogP contribution < -0.4 is 11.1 Å². The van der Waals surface area contributed by atoms with Gasteiger partial charge in [0.15, 0.2) is 0 Å². The van der Waals surface area contributed by atoms with Crippen LogP contribution in [0.1, 0.15) is 27.3 Å². The van der Waals surface area contributed by atoms with Crippen molar-refractivity contribution in [3.63, 3.8) is 0 Å². The fourth-order valence-electron chi connectivity index (χ4n) is 2.63. The summed E-state index contributed by atoms with van der Waals surface area (Å²) in [6.07, 6.45) is -0.0287. The van der Waals surface area contributed by atoms with Gasteiger partial charge in [-0.2, -0.15) is 0 Å². The second-order valence-corrected chi connectivity index (χ2v) is 7.26. The van der Waals surface area contributed by atoms with Gasteiger partial charge >= 0.3 is 5.97 Å². The summed E-state index contributed by atoms with van der Waals surface area (Å²) in [4.78, 5) is 36.5. The molecule has 0 fully saturated rings. The van der Waals surface area contributed by atoms with Crippen LogP contribution in [0.15, 0.2) is 36.4 Å². The summed E-state index contributed by atoms with van der Waals surface area (Å²) in [5, 5.41) is 20.5. The first kappa shape index (κ1) is 23.3. The van der Waals surface area contributed by atoms with Crippen LogP contribution in [-0.2, 0) is 27.8 Å². The van der Waals surface area contributed by atoms with E-state index in [1.54, 1.807) is 35.9 Å². The number of carbonyl (C=O) groups excluding carboxylic acids is 3. The Hall–Kier alpha value is -3.01. The van der Waals surface area contributed by atoms with Crippen molar-refractivity contribution < 1.29 is 29.3 Å². The predicted octanol–water partition coefficient (Wildman–Crippen LogP) is -0.551. The quantitative estimate of drug-likeness (QED) is 0.300. The molecule has 5 N–H and O–H groups in total. The minimum atomic E-state index is -1.43. The molecular weight excluding hydrogens is 390 g/mol. The fourth-order valence-corrected chi connectivity index (χ4v) is 2.63. The van der Waals surface area contributed by atoms with Gasteiger partial charge in [-0.05, 0) is 19.1 Å². The molecule has 0 bridgehead atoms. The number of nitrogens with one attached hydrogen (secondary N) is 1. The first-order valence-corrected chi connectivity index (χ1v) is 9.38. The molecule has 0 radical (unpaired) electrons. The van der Waals surface area contributed by atoms with Crippen LogP contribution in [0.2, 0.25) is 0 Å². The molecule has 9 heteroatoms. The summed E-state index contributed by atoms with van der Waals surface area (Å²) < 4.78 is 6.50. The summed E-state index contributed by atoms with van der Waals surface area (Å²) in [6.45, 7) is 0.0673. The lowest BCUT2D eigenvalue weighted by molar-refractivity contribution is -0.146. The molecule has 1 amide bonds. The molecule has 0 aliphatic carbocycles. The number of rotatable bonds is 10. The summed E-state index contributed by atoms with van der Waals surface area (Å²) in [5.41, 5.74) is 6.85. The van der Waals surface area contributed by atoms with Crippen LogP contribution >= 0.6 is 0 Å². The number of aliphatic hydroxyl groups is 2. The number of esters is 1. The van der Waals surface area contributed by atoms with Crippen molar-refractivity contribution >= 4 is 17.7 Å². The number of hydrogen-bond donors (Lipinski definition) is 4. The van der Waals surface area contributed by atoms with E-state index in [2.05, 4.69) is 5.32 Å². The molecule has 0 aliphatic heterocycles. The molecule has 1 aromatic heterocycles. The molecule has 0 spiro atoms. The highest BCUT2D eigenvalue weighted by atomic mass is 16.5. The van der Waals surface area contributed by atoms with Gasteiger partial charge in [-0.25, -0.2) is 0 Å². The molecule has 0 aliphatic rings. The van der Waals surface area contributed by atoms with E-state index >= 15 is 0 Å². The summed E-state index contributed by atoms with van der Waals surface area (Å²) in [5.74, 6) is -1.32. The molecule has 1 aromatic carbocycles. The second kappa shape index (κ2) is 10.1. The SMILES string of the molecule is Cc1ccc(C(=O)c2ccc(CC(=O)NCC(=O)OCC(N)(CO)CO)n2C)cc1. The highest BCUT2D eigenvalue weighted by Gasteiger charge is 2.25. The molecule has 0 saturated heterocycles. The number of carbonyl (C=O) groups is 3. The Balaban J connectivity index is 1.89. The molecule has 2 aromatic rings. The minimum Gasteiger partial charge on any atom is -0.462 e. The highest BCUT2D eigenvalue weighted by molar-refractivity contribution is 6.08. The first-order valence-electron chi connectivity index (χ1n) is 9.38. The lowest BCUT2D eigenvalue weighted by Crippen LogP contribution is -2.52. The summed E-state index contributed by atoms with van der Waals surface area (Å²) in [6, 6.07) is 10.6. The van der Waals surface area contributed by atoms with E-state index in [-0.39, 0.29) is 25.4 Å². The van der Waals surface area contributed by atoms with Crippen molar-refractivity contribution in [2.24, 2.45) is 12.8 Å². The van der Waals surface area contributed by atoms with Gasteiger partial charge < -0.3 is 30.6 Å². The molecule has 9 nitrogen and oxygen atoms in total. The number of aromatic nitrogens is 1. The number of amides is 1. The number of ether oxygens (including phenoxy) is 1. The number of nitrogens with zero attached hydrogens (tertiary/aromatic N) is 1. The third kappa shape index (κ3) is 5.99. The largest absolute Gasteiger partial charge is 0.462 e. The Morgan fingerprint density at radius 1 is 1.10 bits per heavy atom. The van der Waals surface area contributed by atoms with Gasteiger partial charge in [-0.1, -0.05) is 29.8 Å². The first-order chi connectivity index (χ1) is 14.2. The maximum atomic E-state index is 12.7. The molecule has 162 valence electrons. The molecule has 2 rings (SSSR count). The average Bonchev–Trinajstić information content (AvgIpc) is 3.10. The fraction of sp³-hybridized carbons (Fsp3) is 0.381. The Kier molecular flexibility index (Phi) is 7.87. The average molecular weight is 417 g/mol. The third-order valence-corrected chi connectivity index (χ3v) is 4.69. The summed E-state index contributed by atoms with van der Waals surface area (Å²) >= 11 is 0. The number of benzene rings is 1. The van der Waals surface area contributed by atoms with Crippen LogP contribution in [0.25, 0.3) is 0 Å². The zero-order valence-electron chi connectivity index (χ0n) is 17.1. The van der Waals surface area contributed by atoms with Gasteiger partial charge in [0.25, 0.3) is 0 Å². The number of aryl methyl sites for hydroxylation is 1. The van der Waals surface area contributed by atoms with Crippen molar-refractivity contribution in [2.75, 3.05) is 26.4 Å². The monoisotopic (exact) mass is 417 g/mol. The zero-order valence-corrected chi connectivity index (χ0v) is 17.1. The molecule has 1 heterocycles. The Bertz CT molecular complexity index is 900. The molecule has 0 unspecified atom stereocenters. The maximum absolute atomic E-state index is 12.7. The highest BCUT2D eigenvalue weighted by Crippen LogP contribution is 2.14. The van der Waals surface area contributed by atoms with Crippen molar-refractivity contribution in [3.05, 3.63) is 58.9 Å². The Morgan fingerprint density at radius 3 is 2.33 bits per heavy atom. The standard InChI is InChI=1S/C21H27N3O6/c1-14-3-5-15(6-4-14)20(29)17-8-7-16(24(17)2)9-18(27)23-10-19(28)30-13-21(22,11-25)12-26/h3-8,25-26H,9-13,22H2,1-2H3,(H,23,27). The van der Waals surface area contributed by atoms with E-state index in [1.165, 1.54) is 0 Å². The molecule has 30 heavy (non-hydrogen) atoms. The van der Waals surface area contributed by atoms with E-state index in [0.717, 1.165) is 5.56 Å². The molecular formula is C21H27N3O6. The number of hydrogen-bond acceptors (Lipinski definition) is 7. The number of nitrogens with two attached hydrogens (primary N) is 1. The third-order valence-electron chi connectivity index (χ3n) is 4.69. The van der Waals surface area contributed by atoms with Crippen molar-refractivity contribution in [1.82, 2.24) is 9.88 Å². The number of ketones is 1. The smallest absolute Gasteiger partial charge is 0.325 e. The van der Waals surface area contributed by atoms with E-state index < -0.39 is 30.6 Å². The maximum Gasteiger partial charge on any atom is 0.325 e.